The number of nitrogens with two attached hydrogens (primary N) is 1. The molecular formula is C15H23FN4O. The normalized spacial score (nSPS) is 19.1. The number of piperazine rings is 1. The highest BCUT2D eigenvalue weighted by atomic mass is 19.1. The molecule has 2 rings (SSSR count). The predicted molar refractivity (Wildman–Crippen MR) is 81.2 cm³/mol. The largest absolute Gasteiger partial charge is 0.369 e. The molecule has 0 saturated carbocycles. The van der Waals surface area contributed by atoms with Gasteiger partial charge >= 0.3 is 0 Å². The number of amides is 1. The molecule has 1 aliphatic rings. The monoisotopic (exact) mass is 294 g/mol. The molecule has 0 radical (unpaired) electrons. The standard InChI is InChI=1S/C15H23FN4O/c1-3-15(2,14(21)18-17)20-10-8-19(9-11-20)13-6-4-12(16)5-7-13/h4-7H,3,8-11,17H2,1-2H3,(H,18,21)/t15-/m0/s1. The minimum atomic E-state index is -0.580. The summed E-state index contributed by atoms with van der Waals surface area (Å²) in [5, 5.41) is 0. The summed E-state index contributed by atoms with van der Waals surface area (Å²) >= 11 is 0. The Hall–Kier alpha value is -1.66. The lowest BCUT2D eigenvalue weighted by Gasteiger charge is -2.44. The van der Waals surface area contributed by atoms with Crippen molar-refractivity contribution in [1.82, 2.24) is 10.3 Å². The number of nitrogens with one attached hydrogen (secondary N) is 1. The summed E-state index contributed by atoms with van der Waals surface area (Å²) < 4.78 is 13.0. The molecule has 116 valence electrons. The molecule has 1 atom stereocenters. The third kappa shape index (κ3) is 3.16. The van der Waals surface area contributed by atoms with E-state index in [-0.39, 0.29) is 11.7 Å². The number of rotatable bonds is 4. The lowest BCUT2D eigenvalue weighted by molar-refractivity contribution is -0.133. The first-order chi connectivity index (χ1) is 10.0. The van der Waals surface area contributed by atoms with Gasteiger partial charge in [-0.2, -0.15) is 0 Å². The number of halogens is 1. The summed E-state index contributed by atoms with van der Waals surface area (Å²) in [5.41, 5.74) is 2.70. The molecule has 0 bridgehead atoms. The average molecular weight is 294 g/mol. The van der Waals surface area contributed by atoms with Crippen LogP contribution in [0.1, 0.15) is 20.3 Å². The summed E-state index contributed by atoms with van der Waals surface area (Å²) in [4.78, 5) is 16.4. The van der Waals surface area contributed by atoms with Crippen LogP contribution in [-0.2, 0) is 4.79 Å². The zero-order valence-corrected chi connectivity index (χ0v) is 12.6. The van der Waals surface area contributed by atoms with E-state index >= 15 is 0 Å². The van der Waals surface area contributed by atoms with Crippen molar-refractivity contribution in [3.05, 3.63) is 30.1 Å². The highest BCUT2D eigenvalue weighted by molar-refractivity contribution is 5.85. The zero-order chi connectivity index (χ0) is 15.5. The van der Waals surface area contributed by atoms with Crippen molar-refractivity contribution in [2.45, 2.75) is 25.8 Å². The Morgan fingerprint density at radius 3 is 2.33 bits per heavy atom. The quantitative estimate of drug-likeness (QED) is 0.496. The van der Waals surface area contributed by atoms with Crippen molar-refractivity contribution in [1.29, 1.82) is 0 Å². The number of nitrogens with zero attached hydrogens (tertiary/aromatic N) is 2. The van der Waals surface area contributed by atoms with Gasteiger partial charge in [0.05, 0.1) is 5.54 Å². The maximum atomic E-state index is 13.0. The first kappa shape index (κ1) is 15.7. The molecule has 1 aromatic rings. The Morgan fingerprint density at radius 1 is 1.29 bits per heavy atom. The molecule has 0 unspecified atom stereocenters. The maximum Gasteiger partial charge on any atom is 0.254 e. The zero-order valence-electron chi connectivity index (χ0n) is 12.6. The lowest BCUT2D eigenvalue weighted by Crippen LogP contribution is -2.62. The highest BCUT2D eigenvalue weighted by Crippen LogP contribution is 2.24. The van der Waals surface area contributed by atoms with Crippen molar-refractivity contribution in [3.8, 4) is 0 Å². The van der Waals surface area contributed by atoms with Crippen LogP contribution in [0.3, 0.4) is 0 Å². The van der Waals surface area contributed by atoms with Crippen molar-refractivity contribution in [3.63, 3.8) is 0 Å². The summed E-state index contributed by atoms with van der Waals surface area (Å²) in [6.07, 6.45) is 0.701. The number of hydrogen-bond acceptors (Lipinski definition) is 4. The van der Waals surface area contributed by atoms with Crippen LogP contribution in [0, 0.1) is 5.82 Å². The molecule has 0 aromatic heterocycles. The number of carbonyl (C=O) groups excluding carboxylic acids is 1. The molecular weight excluding hydrogens is 271 g/mol. The van der Waals surface area contributed by atoms with E-state index in [1.807, 2.05) is 13.8 Å². The van der Waals surface area contributed by atoms with Crippen LogP contribution in [0.4, 0.5) is 10.1 Å². The van der Waals surface area contributed by atoms with Crippen LogP contribution in [0.5, 0.6) is 0 Å². The molecule has 5 nitrogen and oxygen atoms in total. The topological polar surface area (TPSA) is 61.6 Å². The fraction of sp³-hybridized carbons (Fsp3) is 0.533. The Labute approximate surface area is 124 Å². The number of carbonyl (C=O) groups is 1. The fourth-order valence-electron chi connectivity index (χ4n) is 2.79. The van der Waals surface area contributed by atoms with Crippen LogP contribution in [0.2, 0.25) is 0 Å². The molecule has 1 heterocycles. The molecule has 1 saturated heterocycles. The second-order valence-corrected chi connectivity index (χ2v) is 5.55. The Balaban J connectivity index is 2.02. The molecule has 0 spiro atoms. The van der Waals surface area contributed by atoms with E-state index in [0.717, 1.165) is 31.9 Å². The number of benzene rings is 1. The molecule has 3 N–H and O–H groups in total. The van der Waals surface area contributed by atoms with Gasteiger partial charge in [-0.3, -0.25) is 15.1 Å². The minimum absolute atomic E-state index is 0.153. The van der Waals surface area contributed by atoms with E-state index in [2.05, 4.69) is 15.2 Å². The molecule has 1 amide bonds. The number of hydrazine groups is 1. The van der Waals surface area contributed by atoms with Gasteiger partial charge in [0.15, 0.2) is 0 Å². The van der Waals surface area contributed by atoms with Crippen LogP contribution < -0.4 is 16.2 Å². The highest BCUT2D eigenvalue weighted by Gasteiger charge is 2.38. The van der Waals surface area contributed by atoms with Gasteiger partial charge in [0, 0.05) is 31.9 Å². The smallest absolute Gasteiger partial charge is 0.254 e. The first-order valence-electron chi connectivity index (χ1n) is 7.28. The van der Waals surface area contributed by atoms with Crippen LogP contribution in [-0.4, -0.2) is 42.5 Å². The molecule has 1 aromatic carbocycles. The van der Waals surface area contributed by atoms with Gasteiger partial charge in [-0.15, -0.1) is 0 Å². The average Bonchev–Trinajstić information content (AvgIpc) is 2.54. The van der Waals surface area contributed by atoms with Gasteiger partial charge in [0.25, 0.3) is 5.91 Å². The van der Waals surface area contributed by atoms with Gasteiger partial charge in [-0.05, 0) is 37.6 Å². The van der Waals surface area contributed by atoms with Crippen LogP contribution >= 0.6 is 0 Å². The fourth-order valence-corrected chi connectivity index (χ4v) is 2.79. The third-order valence-corrected chi connectivity index (χ3v) is 4.48. The van der Waals surface area contributed by atoms with Crippen molar-refractivity contribution in [2.24, 2.45) is 5.84 Å². The van der Waals surface area contributed by atoms with Gasteiger partial charge < -0.3 is 4.90 Å². The van der Waals surface area contributed by atoms with Gasteiger partial charge in [-0.1, -0.05) is 6.92 Å². The number of anilines is 1. The van der Waals surface area contributed by atoms with E-state index < -0.39 is 5.54 Å². The second kappa shape index (κ2) is 6.41. The van der Waals surface area contributed by atoms with Crippen molar-refractivity contribution < 1.29 is 9.18 Å². The Kier molecular flexibility index (Phi) is 4.80. The Morgan fingerprint density at radius 2 is 1.86 bits per heavy atom. The number of hydrogen-bond donors (Lipinski definition) is 2. The molecule has 21 heavy (non-hydrogen) atoms. The minimum Gasteiger partial charge on any atom is -0.369 e. The molecule has 1 fully saturated rings. The lowest BCUT2D eigenvalue weighted by atomic mass is 9.94. The van der Waals surface area contributed by atoms with E-state index in [4.69, 9.17) is 5.84 Å². The third-order valence-electron chi connectivity index (χ3n) is 4.48. The second-order valence-electron chi connectivity index (χ2n) is 5.55. The van der Waals surface area contributed by atoms with Crippen LogP contribution in [0.15, 0.2) is 24.3 Å². The summed E-state index contributed by atoms with van der Waals surface area (Å²) in [6, 6.07) is 6.52. The summed E-state index contributed by atoms with van der Waals surface area (Å²) in [5.74, 6) is 4.92. The van der Waals surface area contributed by atoms with Gasteiger partial charge in [-0.25, -0.2) is 10.2 Å². The maximum absolute atomic E-state index is 13.0. The van der Waals surface area contributed by atoms with E-state index in [0.29, 0.717) is 6.42 Å². The summed E-state index contributed by atoms with van der Waals surface area (Å²) in [7, 11) is 0. The van der Waals surface area contributed by atoms with E-state index in [1.165, 1.54) is 12.1 Å². The van der Waals surface area contributed by atoms with Crippen molar-refractivity contribution in [2.75, 3.05) is 31.1 Å². The van der Waals surface area contributed by atoms with E-state index in [9.17, 15) is 9.18 Å². The van der Waals surface area contributed by atoms with Gasteiger partial charge in [0.2, 0.25) is 0 Å². The summed E-state index contributed by atoms with van der Waals surface area (Å²) in [6.45, 7) is 7.06. The predicted octanol–water partition coefficient (Wildman–Crippen LogP) is 1.11. The van der Waals surface area contributed by atoms with Gasteiger partial charge in [0.1, 0.15) is 5.82 Å². The molecule has 1 aliphatic heterocycles. The van der Waals surface area contributed by atoms with E-state index in [1.54, 1.807) is 12.1 Å². The van der Waals surface area contributed by atoms with Crippen molar-refractivity contribution >= 4 is 11.6 Å². The Bertz CT molecular complexity index is 485. The molecule has 6 heteroatoms. The SMILES string of the molecule is CC[C@@](C)(C(=O)NN)N1CCN(c2ccc(F)cc2)CC1. The molecule has 0 aliphatic carbocycles. The van der Waals surface area contributed by atoms with Crippen LogP contribution in [0.25, 0.3) is 0 Å². The first-order valence-corrected chi connectivity index (χ1v) is 7.28.